The number of nitrogens with two attached hydrogens (primary N) is 1. The maximum Gasteiger partial charge on any atom is 0.0897 e. The number of aryl methyl sites for hydroxylation is 1. The smallest absolute Gasteiger partial charge is 0.0897 e. The Morgan fingerprint density at radius 2 is 1.84 bits per heavy atom. The van der Waals surface area contributed by atoms with Crippen molar-refractivity contribution in [3.8, 4) is 0 Å². The number of thiazole rings is 1. The van der Waals surface area contributed by atoms with Gasteiger partial charge >= 0.3 is 0 Å². The fourth-order valence-electron chi connectivity index (χ4n) is 2.08. The average Bonchev–Trinajstić information content (AvgIpc) is 2.74. The van der Waals surface area contributed by atoms with Crippen molar-refractivity contribution in [3.63, 3.8) is 0 Å². The third-order valence-electron chi connectivity index (χ3n) is 3.30. The molecule has 0 saturated carbocycles. The summed E-state index contributed by atoms with van der Waals surface area (Å²) < 4.78 is 0. The Labute approximate surface area is 119 Å². The van der Waals surface area contributed by atoms with Crippen molar-refractivity contribution < 1.29 is 0 Å². The molecule has 0 aliphatic carbocycles. The van der Waals surface area contributed by atoms with Crippen LogP contribution in [0.4, 0.5) is 0 Å². The standard InChI is InChI=1S/C16H22N2S/c1-11-18-14(10-19-11)9-15(17)12-5-7-13(8-6-12)16(2,3)4/h5-8,10,15H,9,17H2,1-4H3. The molecule has 2 rings (SSSR count). The topological polar surface area (TPSA) is 38.9 Å². The number of aromatic nitrogens is 1. The van der Waals surface area contributed by atoms with E-state index in [-0.39, 0.29) is 11.5 Å². The lowest BCUT2D eigenvalue weighted by molar-refractivity contribution is 0.589. The first-order valence-corrected chi connectivity index (χ1v) is 7.51. The molecular formula is C16H22N2S. The summed E-state index contributed by atoms with van der Waals surface area (Å²) in [6.45, 7) is 8.69. The maximum absolute atomic E-state index is 6.26. The zero-order valence-electron chi connectivity index (χ0n) is 12.1. The molecule has 19 heavy (non-hydrogen) atoms. The Bertz CT molecular complexity index is 535. The van der Waals surface area contributed by atoms with Crippen molar-refractivity contribution >= 4 is 11.3 Å². The van der Waals surface area contributed by atoms with Gasteiger partial charge in [-0.15, -0.1) is 11.3 Å². The van der Waals surface area contributed by atoms with Crippen LogP contribution >= 0.6 is 11.3 Å². The van der Waals surface area contributed by atoms with E-state index in [2.05, 4.69) is 55.4 Å². The Morgan fingerprint density at radius 3 is 2.32 bits per heavy atom. The Hall–Kier alpha value is -1.19. The van der Waals surface area contributed by atoms with Gasteiger partial charge < -0.3 is 5.73 Å². The molecule has 1 heterocycles. The van der Waals surface area contributed by atoms with Crippen LogP contribution in [0.5, 0.6) is 0 Å². The van der Waals surface area contributed by atoms with Gasteiger partial charge in [0, 0.05) is 17.8 Å². The quantitative estimate of drug-likeness (QED) is 0.919. The van der Waals surface area contributed by atoms with E-state index in [1.54, 1.807) is 11.3 Å². The van der Waals surface area contributed by atoms with Gasteiger partial charge in [-0.1, -0.05) is 45.0 Å². The normalized spacial score (nSPS) is 13.5. The summed E-state index contributed by atoms with van der Waals surface area (Å²) in [5.74, 6) is 0. The largest absolute Gasteiger partial charge is 0.324 e. The van der Waals surface area contributed by atoms with E-state index in [1.807, 2.05) is 6.92 Å². The molecule has 2 N–H and O–H groups in total. The van der Waals surface area contributed by atoms with Gasteiger partial charge in [0.15, 0.2) is 0 Å². The molecule has 0 spiro atoms. The van der Waals surface area contributed by atoms with E-state index in [0.29, 0.717) is 0 Å². The molecule has 1 atom stereocenters. The Balaban J connectivity index is 2.09. The number of hydrogen-bond acceptors (Lipinski definition) is 3. The van der Waals surface area contributed by atoms with Crippen LogP contribution in [0.3, 0.4) is 0 Å². The van der Waals surface area contributed by atoms with Gasteiger partial charge in [0.2, 0.25) is 0 Å². The molecule has 1 aromatic carbocycles. The highest BCUT2D eigenvalue weighted by Gasteiger charge is 2.14. The van der Waals surface area contributed by atoms with Gasteiger partial charge in [-0.05, 0) is 23.5 Å². The lowest BCUT2D eigenvalue weighted by Crippen LogP contribution is -2.15. The predicted octanol–water partition coefficient (Wildman–Crippen LogP) is 3.99. The first-order chi connectivity index (χ1) is 8.86. The van der Waals surface area contributed by atoms with Gasteiger partial charge in [0.1, 0.15) is 0 Å². The molecular weight excluding hydrogens is 252 g/mol. The van der Waals surface area contributed by atoms with Crippen LogP contribution in [0.2, 0.25) is 0 Å². The average molecular weight is 274 g/mol. The zero-order chi connectivity index (χ0) is 14.0. The molecule has 0 bridgehead atoms. The molecule has 0 saturated heterocycles. The van der Waals surface area contributed by atoms with E-state index in [1.165, 1.54) is 11.1 Å². The minimum absolute atomic E-state index is 0.0236. The molecule has 0 fully saturated rings. The monoisotopic (exact) mass is 274 g/mol. The van der Waals surface area contributed by atoms with Crippen LogP contribution in [0.15, 0.2) is 29.6 Å². The lowest BCUT2D eigenvalue weighted by Gasteiger charge is -2.20. The molecule has 3 heteroatoms. The van der Waals surface area contributed by atoms with Crippen LogP contribution in [0.25, 0.3) is 0 Å². The third kappa shape index (κ3) is 3.64. The van der Waals surface area contributed by atoms with Crippen molar-refractivity contribution in [2.75, 3.05) is 0 Å². The summed E-state index contributed by atoms with van der Waals surface area (Å²) in [4.78, 5) is 4.47. The SMILES string of the molecule is Cc1nc(CC(N)c2ccc(C(C)(C)C)cc2)cs1. The van der Waals surface area contributed by atoms with Crippen molar-refractivity contribution in [2.24, 2.45) is 5.73 Å². The van der Waals surface area contributed by atoms with Crippen LogP contribution in [-0.2, 0) is 11.8 Å². The summed E-state index contributed by atoms with van der Waals surface area (Å²) >= 11 is 1.68. The molecule has 0 radical (unpaired) electrons. The Morgan fingerprint density at radius 1 is 1.21 bits per heavy atom. The second-order valence-corrected chi connectivity index (χ2v) is 7.10. The fourth-order valence-corrected chi connectivity index (χ4v) is 2.70. The summed E-state index contributed by atoms with van der Waals surface area (Å²) in [5, 5.41) is 3.20. The van der Waals surface area contributed by atoms with Crippen molar-refractivity contribution in [1.82, 2.24) is 4.98 Å². The van der Waals surface area contributed by atoms with Crippen molar-refractivity contribution in [2.45, 2.75) is 45.6 Å². The second-order valence-electron chi connectivity index (χ2n) is 6.04. The first-order valence-electron chi connectivity index (χ1n) is 6.63. The van der Waals surface area contributed by atoms with Gasteiger partial charge in [-0.2, -0.15) is 0 Å². The summed E-state index contributed by atoms with van der Waals surface area (Å²) in [7, 11) is 0. The first kappa shape index (κ1) is 14.2. The van der Waals surface area contributed by atoms with Crippen LogP contribution in [0.1, 0.15) is 48.6 Å². The van der Waals surface area contributed by atoms with E-state index in [0.717, 1.165) is 17.1 Å². The molecule has 102 valence electrons. The third-order valence-corrected chi connectivity index (χ3v) is 4.12. The molecule has 2 nitrogen and oxygen atoms in total. The molecule has 0 amide bonds. The van der Waals surface area contributed by atoms with Crippen molar-refractivity contribution in [1.29, 1.82) is 0 Å². The second kappa shape index (κ2) is 5.43. The van der Waals surface area contributed by atoms with Crippen LogP contribution in [-0.4, -0.2) is 4.98 Å². The van der Waals surface area contributed by atoms with Gasteiger partial charge in [-0.3, -0.25) is 0 Å². The fraction of sp³-hybridized carbons (Fsp3) is 0.438. The highest BCUT2D eigenvalue weighted by molar-refractivity contribution is 7.09. The molecule has 1 aromatic heterocycles. The molecule has 0 aliphatic heterocycles. The summed E-state index contributed by atoms with van der Waals surface area (Å²) in [6, 6.07) is 8.67. The predicted molar refractivity (Wildman–Crippen MR) is 82.6 cm³/mol. The minimum atomic E-state index is 0.0236. The molecule has 2 aromatic rings. The van der Waals surface area contributed by atoms with Gasteiger partial charge in [-0.25, -0.2) is 4.98 Å². The highest BCUT2D eigenvalue weighted by Crippen LogP contribution is 2.24. The highest BCUT2D eigenvalue weighted by atomic mass is 32.1. The van der Waals surface area contributed by atoms with E-state index >= 15 is 0 Å². The van der Waals surface area contributed by atoms with E-state index in [4.69, 9.17) is 5.73 Å². The zero-order valence-corrected chi connectivity index (χ0v) is 12.9. The minimum Gasteiger partial charge on any atom is -0.324 e. The van der Waals surface area contributed by atoms with E-state index in [9.17, 15) is 0 Å². The van der Waals surface area contributed by atoms with Gasteiger partial charge in [0.05, 0.1) is 10.7 Å². The maximum atomic E-state index is 6.26. The van der Waals surface area contributed by atoms with Gasteiger partial charge in [0.25, 0.3) is 0 Å². The number of hydrogen-bond donors (Lipinski definition) is 1. The number of nitrogens with zero attached hydrogens (tertiary/aromatic N) is 1. The molecule has 0 aliphatic rings. The van der Waals surface area contributed by atoms with E-state index < -0.39 is 0 Å². The molecule has 1 unspecified atom stereocenters. The summed E-state index contributed by atoms with van der Waals surface area (Å²) in [6.07, 6.45) is 0.805. The summed E-state index contributed by atoms with van der Waals surface area (Å²) in [5.41, 5.74) is 10.1. The number of rotatable bonds is 3. The Kier molecular flexibility index (Phi) is 4.07. The van der Waals surface area contributed by atoms with Crippen molar-refractivity contribution in [3.05, 3.63) is 51.5 Å². The lowest BCUT2D eigenvalue weighted by atomic mass is 9.86. The van der Waals surface area contributed by atoms with Crippen LogP contribution in [0, 0.1) is 6.92 Å². The van der Waals surface area contributed by atoms with Crippen LogP contribution < -0.4 is 5.73 Å². The number of benzene rings is 1.